The highest BCUT2D eigenvalue weighted by molar-refractivity contribution is 7.98. The maximum atomic E-state index is 10.2. The van der Waals surface area contributed by atoms with Gasteiger partial charge in [0.2, 0.25) is 0 Å². The van der Waals surface area contributed by atoms with Crippen molar-refractivity contribution in [3.63, 3.8) is 0 Å². The second-order valence-electron chi connectivity index (χ2n) is 1.76. The highest BCUT2D eigenvalue weighted by Gasteiger charge is 2.03. The van der Waals surface area contributed by atoms with E-state index in [9.17, 15) is 4.21 Å². The Morgan fingerprint density at radius 2 is 1.90 bits per heavy atom. The molecule has 0 aliphatic heterocycles. The van der Waals surface area contributed by atoms with Crippen LogP contribution in [-0.2, 0) is 15.9 Å². The Morgan fingerprint density at radius 1 is 1.30 bits per heavy atom. The molecule has 52 valence electrons. The summed E-state index contributed by atoms with van der Waals surface area (Å²) in [7, 11) is 0. The van der Waals surface area contributed by atoms with E-state index in [-0.39, 0.29) is 0 Å². The first-order chi connectivity index (χ1) is 4.86. The molecule has 0 aliphatic carbocycles. The number of hydrogen-bond acceptors (Lipinski definition) is 2. The quantitative estimate of drug-likeness (QED) is 0.501. The Morgan fingerprint density at radius 3 is 2.30 bits per heavy atom. The first-order valence-electron chi connectivity index (χ1n) is 2.80. The van der Waals surface area contributed by atoms with Gasteiger partial charge in [0, 0.05) is 21.2 Å². The standard InChI is InChI=1S/C7H7OS2/c1-9-6-2-4-7(10-8)5-3-6/h2-5H,1H3/q+1. The van der Waals surface area contributed by atoms with Crippen LogP contribution in [0.15, 0.2) is 34.1 Å². The van der Waals surface area contributed by atoms with Crippen LogP contribution >= 0.6 is 11.8 Å². The zero-order valence-electron chi connectivity index (χ0n) is 5.53. The van der Waals surface area contributed by atoms with Gasteiger partial charge in [-0.3, -0.25) is 0 Å². The number of rotatable bonds is 2. The van der Waals surface area contributed by atoms with Crippen molar-refractivity contribution >= 4 is 23.4 Å². The summed E-state index contributed by atoms with van der Waals surface area (Å²) in [5.41, 5.74) is 0. The van der Waals surface area contributed by atoms with Crippen LogP contribution in [0, 0.1) is 0 Å². The Bertz CT molecular complexity index is 218. The van der Waals surface area contributed by atoms with Crippen LogP contribution < -0.4 is 0 Å². The van der Waals surface area contributed by atoms with Crippen molar-refractivity contribution in [3.8, 4) is 0 Å². The zero-order chi connectivity index (χ0) is 7.40. The van der Waals surface area contributed by atoms with E-state index >= 15 is 0 Å². The number of hydrogen-bond donors (Lipinski definition) is 0. The minimum absolute atomic E-state index is 0.529. The van der Waals surface area contributed by atoms with Crippen molar-refractivity contribution in [2.45, 2.75) is 9.79 Å². The van der Waals surface area contributed by atoms with Gasteiger partial charge >= 0.3 is 11.7 Å². The Kier molecular flexibility index (Phi) is 2.83. The van der Waals surface area contributed by atoms with Crippen molar-refractivity contribution in [2.75, 3.05) is 6.26 Å². The molecule has 1 aromatic carbocycles. The number of benzene rings is 1. The fourth-order valence-corrected chi connectivity index (χ4v) is 1.29. The van der Waals surface area contributed by atoms with E-state index in [2.05, 4.69) is 0 Å². The van der Waals surface area contributed by atoms with Crippen LogP contribution in [0.1, 0.15) is 0 Å². The fraction of sp³-hybridized carbons (Fsp3) is 0.143. The first kappa shape index (κ1) is 7.69. The van der Waals surface area contributed by atoms with E-state index in [0.717, 1.165) is 4.90 Å². The van der Waals surface area contributed by atoms with Gasteiger partial charge in [-0.2, -0.15) is 0 Å². The maximum absolute atomic E-state index is 10.2. The zero-order valence-corrected chi connectivity index (χ0v) is 7.17. The molecule has 0 atom stereocenters. The molecule has 0 amide bonds. The van der Waals surface area contributed by atoms with Gasteiger partial charge in [0.15, 0.2) is 0 Å². The molecule has 0 saturated carbocycles. The van der Waals surface area contributed by atoms with E-state index < -0.39 is 0 Å². The summed E-state index contributed by atoms with van der Waals surface area (Å²) < 4.78 is 10.2. The van der Waals surface area contributed by atoms with E-state index in [1.165, 1.54) is 4.90 Å². The van der Waals surface area contributed by atoms with E-state index in [0.29, 0.717) is 11.7 Å². The predicted octanol–water partition coefficient (Wildman–Crippen LogP) is 2.20. The van der Waals surface area contributed by atoms with Gasteiger partial charge in [0.25, 0.3) is 4.90 Å². The highest BCUT2D eigenvalue weighted by Crippen LogP contribution is 2.14. The molecule has 0 unspecified atom stereocenters. The minimum Gasteiger partial charge on any atom is -0.130 e. The van der Waals surface area contributed by atoms with Crippen LogP contribution in [0.5, 0.6) is 0 Å². The van der Waals surface area contributed by atoms with E-state index in [1.54, 1.807) is 11.8 Å². The molecule has 0 radical (unpaired) electrons. The van der Waals surface area contributed by atoms with Crippen LogP contribution in [-0.4, -0.2) is 6.26 Å². The van der Waals surface area contributed by atoms with Gasteiger partial charge in [-0.1, -0.05) is 0 Å². The molecule has 1 rings (SSSR count). The molecule has 0 fully saturated rings. The van der Waals surface area contributed by atoms with Crippen molar-refractivity contribution in [1.82, 2.24) is 0 Å². The lowest BCUT2D eigenvalue weighted by Crippen LogP contribution is -1.72. The molecule has 0 aliphatic rings. The smallest absolute Gasteiger partial charge is 0.130 e. The van der Waals surface area contributed by atoms with Crippen molar-refractivity contribution in [3.05, 3.63) is 24.3 Å². The van der Waals surface area contributed by atoms with Crippen LogP contribution in [0.25, 0.3) is 0 Å². The lowest BCUT2D eigenvalue weighted by molar-refractivity contribution is 0.605. The van der Waals surface area contributed by atoms with Gasteiger partial charge in [-0.25, -0.2) is 0 Å². The topological polar surface area (TPSA) is 17.1 Å². The van der Waals surface area contributed by atoms with Gasteiger partial charge in [-0.15, -0.1) is 11.8 Å². The largest absolute Gasteiger partial charge is 0.505 e. The van der Waals surface area contributed by atoms with Crippen LogP contribution in [0.2, 0.25) is 0 Å². The molecule has 1 aromatic rings. The van der Waals surface area contributed by atoms with Gasteiger partial charge in [-0.05, 0) is 18.4 Å². The van der Waals surface area contributed by atoms with Crippen LogP contribution in [0.3, 0.4) is 0 Å². The van der Waals surface area contributed by atoms with Crippen molar-refractivity contribution in [1.29, 1.82) is 0 Å². The van der Waals surface area contributed by atoms with Crippen molar-refractivity contribution < 1.29 is 4.21 Å². The van der Waals surface area contributed by atoms with Gasteiger partial charge < -0.3 is 0 Å². The van der Waals surface area contributed by atoms with Gasteiger partial charge in [0.1, 0.15) is 0 Å². The average Bonchev–Trinajstić information content (AvgIpc) is 2.05. The normalized spacial score (nSPS) is 9.30. The SMILES string of the molecule is CSc1ccc([S+]=O)cc1. The molecule has 1 nitrogen and oxygen atoms in total. The van der Waals surface area contributed by atoms with Crippen molar-refractivity contribution in [2.24, 2.45) is 0 Å². The van der Waals surface area contributed by atoms with E-state index in [1.807, 2.05) is 30.5 Å². The molecule has 0 heterocycles. The highest BCUT2D eigenvalue weighted by atomic mass is 32.2. The average molecular weight is 171 g/mol. The lowest BCUT2D eigenvalue weighted by atomic mass is 10.4. The summed E-state index contributed by atoms with van der Waals surface area (Å²) in [5, 5.41) is 0. The van der Waals surface area contributed by atoms with E-state index in [4.69, 9.17) is 0 Å². The summed E-state index contributed by atoms with van der Waals surface area (Å²) in [5.74, 6) is 0. The third-order valence-corrected chi connectivity index (χ3v) is 2.36. The third kappa shape index (κ3) is 1.78. The molecule has 0 bridgehead atoms. The molecule has 0 spiro atoms. The summed E-state index contributed by atoms with van der Waals surface area (Å²) in [6.45, 7) is 0. The Hall–Kier alpha value is -0.410. The summed E-state index contributed by atoms with van der Waals surface area (Å²) >= 11 is 2.21. The second-order valence-corrected chi connectivity index (χ2v) is 3.28. The summed E-state index contributed by atoms with van der Waals surface area (Å²) in [6, 6.07) is 7.57. The molecular formula is C7H7OS2+. The maximum Gasteiger partial charge on any atom is 0.505 e. The molecule has 0 N–H and O–H groups in total. The Balaban J connectivity index is 2.90. The second kappa shape index (κ2) is 3.68. The molecule has 3 heteroatoms. The molecule has 10 heavy (non-hydrogen) atoms. The minimum atomic E-state index is 0.529. The van der Waals surface area contributed by atoms with Gasteiger partial charge in [0.05, 0.1) is 0 Å². The predicted molar refractivity (Wildman–Crippen MR) is 44.5 cm³/mol. The fourth-order valence-electron chi connectivity index (χ4n) is 0.631. The lowest BCUT2D eigenvalue weighted by Gasteiger charge is -1.88. The summed E-state index contributed by atoms with van der Waals surface area (Å²) in [6.07, 6.45) is 2.01. The summed E-state index contributed by atoms with van der Waals surface area (Å²) in [4.78, 5) is 1.97. The number of thioether (sulfide) groups is 1. The monoisotopic (exact) mass is 171 g/mol. The Labute approximate surface area is 68.3 Å². The first-order valence-corrected chi connectivity index (χ1v) is 4.77. The third-order valence-electron chi connectivity index (χ3n) is 1.16. The molecular weight excluding hydrogens is 164 g/mol. The van der Waals surface area contributed by atoms with Crippen LogP contribution in [0.4, 0.5) is 0 Å². The molecule has 0 saturated heterocycles. The molecule has 0 aromatic heterocycles.